The minimum atomic E-state index is -0.303. The number of benzene rings is 3. The van der Waals surface area contributed by atoms with Gasteiger partial charge in [-0.05, 0) is 73.2 Å². The van der Waals surface area contributed by atoms with Gasteiger partial charge in [0.15, 0.2) is 0 Å². The highest BCUT2D eigenvalue weighted by atomic mass is 35.5. The lowest BCUT2D eigenvalue weighted by atomic mass is 10.1. The molecule has 2 N–H and O–H groups in total. The van der Waals surface area contributed by atoms with Gasteiger partial charge < -0.3 is 10.6 Å². The zero-order valence-corrected chi connectivity index (χ0v) is 15.7. The maximum absolute atomic E-state index is 12.4. The second-order valence-corrected chi connectivity index (χ2v) is 6.57. The van der Waals surface area contributed by atoms with Crippen LogP contribution in [0.4, 0.5) is 11.4 Å². The van der Waals surface area contributed by atoms with Crippen LogP contribution in [0, 0.1) is 18.3 Å². The first-order valence-electron chi connectivity index (χ1n) is 8.45. The van der Waals surface area contributed by atoms with E-state index in [9.17, 15) is 9.59 Å². The predicted octanol–water partition coefficient (Wildman–Crippen LogP) is 5.02. The zero-order chi connectivity index (χ0) is 20.1. The van der Waals surface area contributed by atoms with Crippen LogP contribution in [-0.4, -0.2) is 11.8 Å². The molecule has 0 heterocycles. The van der Waals surface area contributed by atoms with Crippen molar-refractivity contribution < 1.29 is 9.59 Å². The monoisotopic (exact) mass is 389 g/mol. The van der Waals surface area contributed by atoms with Gasteiger partial charge in [0.2, 0.25) is 0 Å². The van der Waals surface area contributed by atoms with Crippen LogP contribution in [0.3, 0.4) is 0 Å². The number of nitrogens with zero attached hydrogens (tertiary/aromatic N) is 1. The number of nitrogens with one attached hydrogen (secondary N) is 2. The summed E-state index contributed by atoms with van der Waals surface area (Å²) in [6.07, 6.45) is 0. The molecular weight excluding hydrogens is 374 g/mol. The molecule has 0 unspecified atom stereocenters. The molecule has 0 saturated carbocycles. The van der Waals surface area contributed by atoms with Crippen molar-refractivity contribution in [2.75, 3.05) is 10.6 Å². The second kappa shape index (κ2) is 8.38. The minimum absolute atomic E-state index is 0.288. The van der Waals surface area contributed by atoms with Crippen molar-refractivity contribution in [2.24, 2.45) is 0 Å². The molecule has 0 atom stereocenters. The molecule has 28 heavy (non-hydrogen) atoms. The van der Waals surface area contributed by atoms with Crippen LogP contribution in [0.15, 0.2) is 66.7 Å². The number of halogens is 1. The fourth-order valence-corrected chi connectivity index (χ4v) is 2.70. The van der Waals surface area contributed by atoms with E-state index >= 15 is 0 Å². The van der Waals surface area contributed by atoms with E-state index in [0.717, 1.165) is 5.56 Å². The van der Waals surface area contributed by atoms with E-state index in [1.807, 2.05) is 19.1 Å². The Hall–Kier alpha value is -3.62. The lowest BCUT2D eigenvalue weighted by Crippen LogP contribution is -2.14. The first kappa shape index (κ1) is 19.2. The van der Waals surface area contributed by atoms with Gasteiger partial charge in [-0.2, -0.15) is 5.26 Å². The Bertz CT molecular complexity index is 1070. The van der Waals surface area contributed by atoms with Crippen molar-refractivity contribution >= 4 is 34.8 Å². The summed E-state index contributed by atoms with van der Waals surface area (Å²) in [5, 5.41) is 14.9. The molecule has 0 fully saturated rings. The van der Waals surface area contributed by atoms with Crippen molar-refractivity contribution in [3.8, 4) is 6.07 Å². The standard InChI is InChI=1S/C22H16ClN3O2/c1-14-2-9-18(23)12-20(14)26-22(28)17-7-5-16(6-8-17)21(27)25-19-10-3-15(13-24)4-11-19/h2-12H,1H3,(H,25,27)(H,26,28). The van der Waals surface area contributed by atoms with E-state index in [4.69, 9.17) is 16.9 Å². The summed E-state index contributed by atoms with van der Waals surface area (Å²) in [7, 11) is 0. The van der Waals surface area contributed by atoms with Gasteiger partial charge >= 0.3 is 0 Å². The van der Waals surface area contributed by atoms with E-state index in [1.54, 1.807) is 60.7 Å². The lowest BCUT2D eigenvalue weighted by Gasteiger charge is -2.10. The average molecular weight is 390 g/mol. The average Bonchev–Trinajstić information content (AvgIpc) is 2.71. The fraction of sp³-hybridized carbons (Fsp3) is 0.0455. The topological polar surface area (TPSA) is 82.0 Å². The Morgan fingerprint density at radius 2 is 1.43 bits per heavy atom. The number of nitriles is 1. The quantitative estimate of drug-likeness (QED) is 0.656. The molecule has 138 valence electrons. The van der Waals surface area contributed by atoms with Crippen LogP contribution < -0.4 is 10.6 Å². The van der Waals surface area contributed by atoms with Gasteiger partial charge in [0.1, 0.15) is 0 Å². The van der Waals surface area contributed by atoms with Crippen molar-refractivity contribution in [1.29, 1.82) is 5.26 Å². The van der Waals surface area contributed by atoms with Crippen LogP contribution >= 0.6 is 11.6 Å². The van der Waals surface area contributed by atoms with E-state index in [0.29, 0.717) is 33.1 Å². The third-order valence-corrected chi connectivity index (χ3v) is 4.36. The second-order valence-electron chi connectivity index (χ2n) is 6.13. The number of anilines is 2. The summed E-state index contributed by atoms with van der Waals surface area (Å²) >= 11 is 5.97. The van der Waals surface area contributed by atoms with Crippen molar-refractivity contribution in [3.63, 3.8) is 0 Å². The maximum Gasteiger partial charge on any atom is 0.255 e. The lowest BCUT2D eigenvalue weighted by molar-refractivity contribution is 0.101. The SMILES string of the molecule is Cc1ccc(Cl)cc1NC(=O)c1ccc(C(=O)Nc2ccc(C#N)cc2)cc1. The van der Waals surface area contributed by atoms with Crippen LogP contribution in [-0.2, 0) is 0 Å². The Kier molecular flexibility index (Phi) is 5.73. The maximum atomic E-state index is 12.4. The highest BCUT2D eigenvalue weighted by Gasteiger charge is 2.11. The van der Waals surface area contributed by atoms with Gasteiger partial charge in [0, 0.05) is 27.5 Å². The highest BCUT2D eigenvalue weighted by molar-refractivity contribution is 6.31. The molecule has 0 bridgehead atoms. The molecule has 0 spiro atoms. The van der Waals surface area contributed by atoms with E-state index in [1.165, 1.54) is 0 Å². The Morgan fingerprint density at radius 3 is 2.00 bits per heavy atom. The number of amides is 2. The number of carbonyl (C=O) groups is 2. The molecule has 0 aromatic heterocycles. The van der Waals surface area contributed by atoms with Gasteiger partial charge in [-0.3, -0.25) is 9.59 Å². The van der Waals surface area contributed by atoms with Gasteiger partial charge in [0.05, 0.1) is 11.6 Å². The van der Waals surface area contributed by atoms with Crippen molar-refractivity contribution in [1.82, 2.24) is 0 Å². The summed E-state index contributed by atoms with van der Waals surface area (Å²) in [5.74, 6) is -0.591. The normalized spacial score (nSPS) is 10.0. The molecule has 3 aromatic rings. The molecule has 2 amide bonds. The predicted molar refractivity (Wildman–Crippen MR) is 110 cm³/mol. The number of hydrogen-bond acceptors (Lipinski definition) is 3. The molecule has 0 radical (unpaired) electrons. The molecule has 0 saturated heterocycles. The summed E-state index contributed by atoms with van der Waals surface area (Å²) in [5.41, 5.74) is 3.48. The molecule has 3 aromatic carbocycles. The van der Waals surface area contributed by atoms with Crippen LogP contribution in [0.5, 0.6) is 0 Å². The number of rotatable bonds is 4. The van der Waals surface area contributed by atoms with Crippen molar-refractivity contribution in [2.45, 2.75) is 6.92 Å². The summed E-state index contributed by atoms with van der Waals surface area (Å²) < 4.78 is 0. The van der Waals surface area contributed by atoms with Crippen LogP contribution in [0.1, 0.15) is 31.8 Å². The van der Waals surface area contributed by atoms with E-state index < -0.39 is 0 Å². The third kappa shape index (κ3) is 4.56. The smallest absolute Gasteiger partial charge is 0.255 e. The molecular formula is C22H16ClN3O2. The first-order chi connectivity index (χ1) is 13.5. The minimum Gasteiger partial charge on any atom is -0.322 e. The third-order valence-electron chi connectivity index (χ3n) is 4.13. The Balaban J connectivity index is 1.68. The molecule has 0 aliphatic rings. The number of aryl methyl sites for hydroxylation is 1. The highest BCUT2D eigenvalue weighted by Crippen LogP contribution is 2.21. The van der Waals surface area contributed by atoms with Crippen LogP contribution in [0.2, 0.25) is 5.02 Å². The molecule has 5 nitrogen and oxygen atoms in total. The van der Waals surface area contributed by atoms with Gasteiger partial charge in [-0.15, -0.1) is 0 Å². The molecule has 6 heteroatoms. The first-order valence-corrected chi connectivity index (χ1v) is 8.83. The number of carbonyl (C=O) groups excluding carboxylic acids is 2. The van der Waals surface area contributed by atoms with E-state index in [-0.39, 0.29) is 11.8 Å². The Labute approximate surface area is 167 Å². The van der Waals surface area contributed by atoms with Gasteiger partial charge in [0.25, 0.3) is 11.8 Å². The number of hydrogen-bond donors (Lipinski definition) is 2. The van der Waals surface area contributed by atoms with Gasteiger partial charge in [-0.1, -0.05) is 17.7 Å². The van der Waals surface area contributed by atoms with E-state index in [2.05, 4.69) is 10.6 Å². The summed E-state index contributed by atoms with van der Waals surface area (Å²) in [4.78, 5) is 24.8. The van der Waals surface area contributed by atoms with Crippen LogP contribution in [0.25, 0.3) is 0 Å². The molecule has 0 aliphatic heterocycles. The van der Waals surface area contributed by atoms with Crippen molar-refractivity contribution in [3.05, 3.63) is 94.0 Å². The Morgan fingerprint density at radius 1 is 0.857 bits per heavy atom. The molecule has 0 aliphatic carbocycles. The fourth-order valence-electron chi connectivity index (χ4n) is 2.53. The zero-order valence-electron chi connectivity index (χ0n) is 15.0. The summed E-state index contributed by atoms with van der Waals surface area (Å²) in [6, 6.07) is 20.2. The molecule has 3 rings (SSSR count). The van der Waals surface area contributed by atoms with Gasteiger partial charge in [-0.25, -0.2) is 0 Å². The largest absolute Gasteiger partial charge is 0.322 e. The summed E-state index contributed by atoms with van der Waals surface area (Å²) in [6.45, 7) is 1.88.